The van der Waals surface area contributed by atoms with Crippen LogP contribution in [0, 0.1) is 0 Å². The molecule has 7 nitrogen and oxygen atoms in total. The molecule has 0 aliphatic rings. The molecule has 0 aliphatic heterocycles. The number of methoxy groups -OCH3 is 1. The van der Waals surface area contributed by atoms with Crippen molar-refractivity contribution in [2.24, 2.45) is 0 Å². The minimum absolute atomic E-state index is 0.439. The number of ether oxygens (including phenoxy) is 1. The quantitative estimate of drug-likeness (QED) is 0.244. The van der Waals surface area contributed by atoms with E-state index in [0.717, 1.165) is 45.6 Å². The Balaban J connectivity index is 0.000000481. The van der Waals surface area contributed by atoms with E-state index in [0.29, 0.717) is 11.4 Å². The Morgan fingerprint density at radius 2 is 1.47 bits per heavy atom. The van der Waals surface area contributed by atoms with Gasteiger partial charge in [0.05, 0.1) is 48.6 Å². The molecule has 180 valence electrons. The van der Waals surface area contributed by atoms with E-state index < -0.39 is 17.2 Å². The van der Waals surface area contributed by atoms with Crippen LogP contribution in [-0.2, 0) is 14.6 Å². The molecule has 0 saturated heterocycles. The van der Waals surface area contributed by atoms with Crippen molar-refractivity contribution < 1.29 is 17.7 Å². The fourth-order valence-corrected chi connectivity index (χ4v) is 3.74. The third kappa shape index (κ3) is 6.72. The summed E-state index contributed by atoms with van der Waals surface area (Å²) in [5.41, 5.74) is 3.86. The summed E-state index contributed by atoms with van der Waals surface area (Å²) < 4.78 is 41.5. The summed E-state index contributed by atoms with van der Waals surface area (Å²) in [5.74, 6) is 0.527. The standard InChI is InChI=1S/C21H19N3O3S.C4H11OP/c1-27-20-13-14(24-28(2,25)26)11-12-19(20)23-21-15-7-3-5-9-17(15)22-18-10-6-4-8-16(18)21;1-4-6(2,3)5/h3-13,24H,1-2H3,(H,22,23);4H2,1-3H3. The highest BCUT2D eigenvalue weighted by Gasteiger charge is 2.13. The van der Waals surface area contributed by atoms with E-state index in [4.69, 9.17) is 9.72 Å². The van der Waals surface area contributed by atoms with Gasteiger partial charge in [0.2, 0.25) is 10.0 Å². The van der Waals surface area contributed by atoms with Crippen molar-refractivity contribution in [2.45, 2.75) is 6.92 Å². The second-order valence-electron chi connectivity index (χ2n) is 8.33. The minimum atomic E-state index is -3.37. The lowest BCUT2D eigenvalue weighted by Gasteiger charge is -2.16. The average molecular weight is 500 g/mol. The first kappa shape index (κ1) is 25.5. The van der Waals surface area contributed by atoms with Crippen molar-refractivity contribution in [3.05, 3.63) is 66.7 Å². The van der Waals surface area contributed by atoms with Crippen molar-refractivity contribution in [2.75, 3.05) is 42.9 Å². The number of hydrogen-bond donors (Lipinski definition) is 2. The number of sulfonamides is 1. The fraction of sp³-hybridized carbons (Fsp3) is 0.240. The molecule has 0 bridgehead atoms. The summed E-state index contributed by atoms with van der Waals surface area (Å²) in [6.07, 6.45) is 1.94. The molecule has 0 unspecified atom stereocenters. The second-order valence-corrected chi connectivity index (χ2v) is 13.9. The number of benzene rings is 3. The van der Waals surface area contributed by atoms with Gasteiger partial charge in [0.1, 0.15) is 5.75 Å². The zero-order valence-corrected chi connectivity index (χ0v) is 21.7. The van der Waals surface area contributed by atoms with Crippen LogP contribution in [-0.4, -0.2) is 46.3 Å². The predicted molar refractivity (Wildman–Crippen MR) is 144 cm³/mol. The van der Waals surface area contributed by atoms with E-state index in [1.807, 2.05) is 55.5 Å². The van der Waals surface area contributed by atoms with Gasteiger partial charge in [-0.05, 0) is 43.8 Å². The van der Waals surface area contributed by atoms with Crippen LogP contribution in [0.15, 0.2) is 66.7 Å². The molecule has 0 saturated carbocycles. The molecule has 3 aromatic carbocycles. The number of rotatable bonds is 6. The van der Waals surface area contributed by atoms with Crippen LogP contribution >= 0.6 is 7.14 Å². The number of pyridine rings is 1. The van der Waals surface area contributed by atoms with Crippen LogP contribution in [0.1, 0.15) is 6.92 Å². The topological polar surface area (TPSA) is 97.4 Å². The monoisotopic (exact) mass is 499 g/mol. The van der Waals surface area contributed by atoms with Crippen LogP contribution in [0.3, 0.4) is 0 Å². The Labute approximate surface area is 201 Å². The Hall–Kier alpha value is -3.09. The van der Waals surface area contributed by atoms with Crippen molar-refractivity contribution >= 4 is 56.0 Å². The largest absolute Gasteiger partial charge is 0.494 e. The maximum atomic E-state index is 11.5. The van der Waals surface area contributed by atoms with Crippen molar-refractivity contribution in [3.63, 3.8) is 0 Å². The molecule has 0 aliphatic carbocycles. The lowest BCUT2D eigenvalue weighted by Crippen LogP contribution is -2.09. The zero-order chi connectivity index (χ0) is 24.9. The maximum Gasteiger partial charge on any atom is 0.229 e. The van der Waals surface area contributed by atoms with Crippen LogP contribution in [0.2, 0.25) is 0 Å². The molecule has 0 amide bonds. The number of nitrogens with one attached hydrogen (secondary N) is 2. The van der Waals surface area contributed by atoms with Crippen LogP contribution < -0.4 is 14.8 Å². The lowest BCUT2D eigenvalue weighted by molar-refractivity contribution is 0.417. The number of aromatic nitrogens is 1. The lowest BCUT2D eigenvalue weighted by atomic mass is 10.1. The van der Waals surface area contributed by atoms with Gasteiger partial charge >= 0.3 is 0 Å². The highest BCUT2D eigenvalue weighted by Crippen LogP contribution is 2.37. The van der Waals surface area contributed by atoms with E-state index in [1.54, 1.807) is 38.6 Å². The molecular weight excluding hydrogens is 469 g/mol. The molecule has 9 heteroatoms. The molecular formula is C25H30N3O4PS. The third-order valence-electron chi connectivity index (χ3n) is 5.11. The van der Waals surface area contributed by atoms with E-state index in [2.05, 4.69) is 10.0 Å². The average Bonchev–Trinajstić information content (AvgIpc) is 2.78. The van der Waals surface area contributed by atoms with Crippen molar-refractivity contribution in [1.82, 2.24) is 4.98 Å². The number of para-hydroxylation sites is 2. The van der Waals surface area contributed by atoms with E-state index in [9.17, 15) is 13.0 Å². The highest BCUT2D eigenvalue weighted by molar-refractivity contribution is 7.92. The third-order valence-corrected chi connectivity index (χ3v) is 7.24. The van der Waals surface area contributed by atoms with Gasteiger partial charge in [-0.3, -0.25) is 4.72 Å². The fourth-order valence-electron chi connectivity index (χ4n) is 3.18. The van der Waals surface area contributed by atoms with Gasteiger partial charge in [0, 0.05) is 16.8 Å². The van der Waals surface area contributed by atoms with E-state index in [-0.39, 0.29) is 0 Å². The molecule has 4 rings (SSSR count). The van der Waals surface area contributed by atoms with Crippen molar-refractivity contribution in [3.8, 4) is 5.75 Å². The van der Waals surface area contributed by atoms with E-state index >= 15 is 0 Å². The zero-order valence-electron chi connectivity index (χ0n) is 20.0. The highest BCUT2D eigenvalue weighted by atomic mass is 32.2. The molecule has 2 N–H and O–H groups in total. The molecule has 1 heterocycles. The summed E-state index contributed by atoms with van der Waals surface area (Å²) >= 11 is 0. The van der Waals surface area contributed by atoms with Gasteiger partial charge in [-0.1, -0.05) is 43.3 Å². The summed E-state index contributed by atoms with van der Waals surface area (Å²) in [7, 11) is -3.46. The number of anilines is 3. The first-order valence-electron chi connectivity index (χ1n) is 10.7. The molecule has 0 radical (unpaired) electrons. The van der Waals surface area contributed by atoms with Crippen molar-refractivity contribution in [1.29, 1.82) is 0 Å². The SMILES string of the molecule is CCP(C)(C)=O.COc1cc(NS(C)(=O)=O)ccc1Nc1c2ccccc2nc2ccccc12. The van der Waals surface area contributed by atoms with Gasteiger partial charge in [-0.15, -0.1) is 0 Å². The molecule has 0 fully saturated rings. The summed E-state index contributed by atoms with van der Waals surface area (Å²) in [5, 5.41) is 5.43. The number of nitrogens with zero attached hydrogens (tertiary/aromatic N) is 1. The Morgan fingerprint density at radius 1 is 0.941 bits per heavy atom. The molecule has 0 spiro atoms. The second kappa shape index (κ2) is 10.5. The Bertz CT molecular complexity index is 1410. The van der Waals surface area contributed by atoms with E-state index in [1.165, 1.54) is 0 Å². The number of fused-ring (bicyclic) bond motifs is 2. The smallest absolute Gasteiger partial charge is 0.229 e. The van der Waals surface area contributed by atoms with Gasteiger partial charge in [-0.25, -0.2) is 13.4 Å². The molecule has 1 aromatic heterocycles. The maximum absolute atomic E-state index is 11.5. The summed E-state index contributed by atoms with van der Waals surface area (Å²) in [4.78, 5) is 4.73. The van der Waals surface area contributed by atoms with Crippen LogP contribution in [0.4, 0.5) is 17.1 Å². The first-order chi connectivity index (χ1) is 16.0. The Kier molecular flexibility index (Phi) is 7.85. The van der Waals surface area contributed by atoms with Gasteiger partial charge in [-0.2, -0.15) is 0 Å². The molecule has 0 atom stereocenters. The summed E-state index contributed by atoms with van der Waals surface area (Å²) in [6, 6.07) is 21.0. The Morgan fingerprint density at radius 3 is 1.94 bits per heavy atom. The van der Waals surface area contributed by atoms with Crippen LogP contribution in [0.5, 0.6) is 5.75 Å². The van der Waals surface area contributed by atoms with Gasteiger partial charge in [0.25, 0.3) is 0 Å². The molecule has 4 aromatic rings. The normalized spacial score (nSPS) is 11.6. The van der Waals surface area contributed by atoms with Crippen LogP contribution in [0.25, 0.3) is 21.8 Å². The first-order valence-corrected chi connectivity index (χ1v) is 15.4. The molecule has 34 heavy (non-hydrogen) atoms. The number of hydrogen-bond acceptors (Lipinski definition) is 6. The van der Waals surface area contributed by atoms with Gasteiger partial charge in [0.15, 0.2) is 0 Å². The summed E-state index contributed by atoms with van der Waals surface area (Å²) in [6.45, 7) is 5.54. The predicted octanol–water partition coefficient (Wildman–Crippen LogP) is 6.14. The minimum Gasteiger partial charge on any atom is -0.494 e. The van der Waals surface area contributed by atoms with Gasteiger partial charge < -0.3 is 14.6 Å².